The van der Waals surface area contributed by atoms with Gasteiger partial charge in [-0.15, -0.1) is 0 Å². The van der Waals surface area contributed by atoms with Crippen molar-refractivity contribution in [1.29, 1.82) is 0 Å². The highest BCUT2D eigenvalue weighted by Gasteiger charge is 2.45. The molecule has 0 spiro atoms. The van der Waals surface area contributed by atoms with E-state index in [4.69, 9.17) is 27.9 Å². The number of carbonyl (C=O) groups excluding carboxylic acids is 1. The van der Waals surface area contributed by atoms with Crippen LogP contribution in [0.25, 0.3) is 0 Å². The van der Waals surface area contributed by atoms with Crippen LogP contribution in [0.1, 0.15) is 80.0 Å². The Morgan fingerprint density at radius 1 is 1.21 bits per heavy atom. The first-order valence-corrected chi connectivity index (χ1v) is 13.7. The summed E-state index contributed by atoms with van der Waals surface area (Å²) in [6.45, 7) is 4.05. The molecule has 3 heterocycles. The third kappa shape index (κ3) is 6.36. The third-order valence-electron chi connectivity index (χ3n) is 8.04. The fraction of sp³-hybridized carbons (Fsp3) is 0.615. The summed E-state index contributed by atoms with van der Waals surface area (Å²) in [5.74, 6) is -1.80. The lowest BCUT2D eigenvalue weighted by Crippen LogP contribution is -2.46. The number of hydrogen-bond donors (Lipinski definition) is 2. The Morgan fingerprint density at radius 2 is 1.85 bits per heavy atom. The molecule has 2 aromatic heterocycles. The number of rotatable bonds is 8. The van der Waals surface area contributed by atoms with Crippen molar-refractivity contribution >= 4 is 35.1 Å². The number of alkyl halides is 3. The molecule has 1 amide bonds. The Kier molecular flexibility index (Phi) is 8.82. The molecular weight excluding hydrogens is 560 g/mol. The Hall–Kier alpha value is -2.37. The molecular formula is C26H31Cl2F3N4O4. The summed E-state index contributed by atoms with van der Waals surface area (Å²) in [6, 6.07) is -1.27. The number of amides is 1. The fourth-order valence-electron chi connectivity index (χ4n) is 5.56. The smallest absolute Gasteiger partial charge is 0.433 e. The highest BCUT2D eigenvalue weighted by atomic mass is 35.5. The molecule has 214 valence electrons. The van der Waals surface area contributed by atoms with Crippen LogP contribution in [0.3, 0.4) is 0 Å². The van der Waals surface area contributed by atoms with Gasteiger partial charge in [-0.05, 0) is 63.4 Å². The minimum Gasteiger partial charge on any atom is -0.481 e. The molecule has 1 aliphatic carbocycles. The van der Waals surface area contributed by atoms with Gasteiger partial charge in [0, 0.05) is 19.0 Å². The lowest BCUT2D eigenvalue weighted by atomic mass is 9.74. The van der Waals surface area contributed by atoms with E-state index in [1.165, 1.54) is 12.4 Å². The van der Waals surface area contributed by atoms with E-state index in [1.54, 1.807) is 6.92 Å². The highest BCUT2D eigenvalue weighted by Crippen LogP contribution is 2.43. The second-order valence-corrected chi connectivity index (χ2v) is 11.6. The van der Waals surface area contributed by atoms with Crippen molar-refractivity contribution in [2.75, 3.05) is 6.61 Å². The third-order valence-corrected chi connectivity index (χ3v) is 8.70. The zero-order valence-electron chi connectivity index (χ0n) is 21.6. The van der Waals surface area contributed by atoms with Gasteiger partial charge in [-0.2, -0.15) is 18.3 Å². The van der Waals surface area contributed by atoms with Gasteiger partial charge in [0.05, 0.1) is 45.4 Å². The van der Waals surface area contributed by atoms with Gasteiger partial charge >= 0.3 is 12.1 Å². The Morgan fingerprint density at radius 3 is 2.38 bits per heavy atom. The zero-order valence-corrected chi connectivity index (χ0v) is 23.1. The summed E-state index contributed by atoms with van der Waals surface area (Å²) in [4.78, 5) is 28.9. The average Bonchev–Trinajstić information content (AvgIpc) is 3.50. The van der Waals surface area contributed by atoms with E-state index in [9.17, 15) is 27.9 Å². The van der Waals surface area contributed by atoms with Gasteiger partial charge in [0.25, 0.3) is 5.91 Å². The van der Waals surface area contributed by atoms with Crippen LogP contribution >= 0.6 is 23.2 Å². The van der Waals surface area contributed by atoms with Crippen LogP contribution in [0.4, 0.5) is 13.2 Å². The van der Waals surface area contributed by atoms with Gasteiger partial charge < -0.3 is 15.2 Å². The second-order valence-electron chi connectivity index (χ2n) is 10.7. The number of carbonyl (C=O) groups is 2. The van der Waals surface area contributed by atoms with Crippen molar-refractivity contribution < 1.29 is 32.6 Å². The monoisotopic (exact) mass is 590 g/mol. The maximum Gasteiger partial charge on any atom is 0.433 e. The molecule has 2 aliphatic rings. The summed E-state index contributed by atoms with van der Waals surface area (Å²) < 4.78 is 49.6. The fourth-order valence-corrected chi connectivity index (χ4v) is 6.11. The number of aliphatic carboxylic acids is 1. The molecule has 1 saturated heterocycles. The quantitative estimate of drug-likeness (QED) is 0.392. The van der Waals surface area contributed by atoms with Crippen molar-refractivity contribution in [2.24, 2.45) is 11.3 Å². The SMILES string of the molecule is C[C@H]1CCO[C@@H]1C(CCc1c(Cl)cncc1Cl)NC(=O)c1cnn(C2CCC(C)(C(=O)O)CC2)c1C(F)(F)F. The molecule has 13 heteroatoms. The highest BCUT2D eigenvalue weighted by molar-refractivity contribution is 6.35. The first-order chi connectivity index (χ1) is 18.3. The molecule has 8 nitrogen and oxygen atoms in total. The minimum absolute atomic E-state index is 0.0780. The van der Waals surface area contributed by atoms with Crippen molar-refractivity contribution in [3.63, 3.8) is 0 Å². The minimum atomic E-state index is -4.85. The molecule has 4 rings (SSSR count). The van der Waals surface area contributed by atoms with Gasteiger partial charge in [0.2, 0.25) is 0 Å². The van der Waals surface area contributed by atoms with E-state index in [1.807, 2.05) is 6.92 Å². The Bertz CT molecular complexity index is 1190. The lowest BCUT2D eigenvalue weighted by Gasteiger charge is -2.34. The summed E-state index contributed by atoms with van der Waals surface area (Å²) in [5.41, 5.74) is -2.07. The number of aromatic nitrogens is 3. The maximum absolute atomic E-state index is 14.3. The van der Waals surface area contributed by atoms with Gasteiger partial charge in [-0.25, -0.2) is 0 Å². The maximum atomic E-state index is 14.3. The van der Waals surface area contributed by atoms with Crippen molar-refractivity contribution in [1.82, 2.24) is 20.1 Å². The Labute approximate surface area is 234 Å². The molecule has 1 unspecified atom stereocenters. The van der Waals surface area contributed by atoms with E-state index in [2.05, 4.69) is 15.4 Å². The van der Waals surface area contributed by atoms with Crippen LogP contribution in [0.5, 0.6) is 0 Å². The van der Waals surface area contributed by atoms with Crippen molar-refractivity contribution in [3.8, 4) is 0 Å². The van der Waals surface area contributed by atoms with Crippen LogP contribution in [0.2, 0.25) is 10.0 Å². The first-order valence-electron chi connectivity index (χ1n) is 12.9. The molecule has 0 radical (unpaired) electrons. The summed E-state index contributed by atoms with van der Waals surface area (Å²) in [6.07, 6.45) is 0.895. The largest absolute Gasteiger partial charge is 0.481 e. The number of nitrogens with zero attached hydrogens (tertiary/aromatic N) is 3. The van der Waals surface area contributed by atoms with Crippen molar-refractivity contribution in [3.05, 3.63) is 45.5 Å². The van der Waals surface area contributed by atoms with Crippen LogP contribution in [-0.2, 0) is 22.1 Å². The molecule has 0 bridgehead atoms. The van der Waals surface area contributed by atoms with Gasteiger partial charge in [0.1, 0.15) is 0 Å². The molecule has 0 aromatic carbocycles. The Balaban J connectivity index is 1.57. The standard InChI is InChI=1S/C26H31Cl2F3N4O4/c1-14-7-10-39-21(14)20(4-3-16-18(27)12-32-13-19(16)28)34-23(36)17-11-33-35(22(17)26(29,30)31)15-5-8-25(2,9-6-15)24(37)38/h11-15,20-21H,3-10H2,1-2H3,(H,34,36)(H,37,38)/t14-,15?,20?,21-,25?/m0/s1. The molecule has 39 heavy (non-hydrogen) atoms. The van der Waals surface area contributed by atoms with E-state index < -0.39 is 52.9 Å². The molecule has 2 fully saturated rings. The normalized spacial score (nSPS) is 26.4. The molecule has 3 atom stereocenters. The van der Waals surface area contributed by atoms with E-state index in [0.717, 1.165) is 17.3 Å². The molecule has 2 N–H and O–H groups in total. The molecule has 1 saturated carbocycles. The number of ether oxygens (including phenoxy) is 1. The molecule has 2 aromatic rings. The number of hydrogen-bond acceptors (Lipinski definition) is 5. The topological polar surface area (TPSA) is 106 Å². The van der Waals surface area contributed by atoms with Crippen LogP contribution < -0.4 is 5.32 Å². The number of carboxylic acid groups (broad SMARTS) is 1. The van der Waals surface area contributed by atoms with Crippen LogP contribution in [-0.4, -0.2) is 50.5 Å². The summed E-state index contributed by atoms with van der Waals surface area (Å²) in [5, 5.41) is 16.9. The second kappa shape index (κ2) is 11.6. The van der Waals surface area contributed by atoms with Gasteiger partial charge in [-0.3, -0.25) is 19.3 Å². The lowest BCUT2D eigenvalue weighted by molar-refractivity contribution is -0.152. The average molecular weight is 591 g/mol. The number of halogens is 5. The van der Waals surface area contributed by atoms with Crippen molar-refractivity contribution in [2.45, 2.75) is 83.2 Å². The predicted molar refractivity (Wildman–Crippen MR) is 138 cm³/mol. The zero-order chi connectivity index (χ0) is 28.5. The van der Waals surface area contributed by atoms with Gasteiger partial charge in [-0.1, -0.05) is 30.1 Å². The predicted octanol–water partition coefficient (Wildman–Crippen LogP) is 5.97. The number of carboxylic acids is 1. The van der Waals surface area contributed by atoms with E-state index in [0.29, 0.717) is 35.1 Å². The van der Waals surface area contributed by atoms with E-state index >= 15 is 0 Å². The van der Waals surface area contributed by atoms with E-state index in [-0.39, 0.29) is 31.6 Å². The molecule has 1 aliphatic heterocycles. The van der Waals surface area contributed by atoms with Gasteiger partial charge in [0.15, 0.2) is 5.69 Å². The van der Waals surface area contributed by atoms with Crippen LogP contribution in [0, 0.1) is 11.3 Å². The summed E-state index contributed by atoms with van der Waals surface area (Å²) in [7, 11) is 0. The van der Waals surface area contributed by atoms with Crippen LogP contribution in [0.15, 0.2) is 18.6 Å². The number of nitrogens with one attached hydrogen (secondary N) is 1. The first kappa shape index (κ1) is 29.6. The number of pyridine rings is 1. The summed E-state index contributed by atoms with van der Waals surface area (Å²) >= 11 is 12.5.